The highest BCUT2D eigenvalue weighted by Crippen LogP contribution is 2.02. The number of piperazine rings is 1. The Morgan fingerprint density at radius 3 is 2.73 bits per heavy atom. The average molecular weight is 214 g/mol. The molecule has 6 heteroatoms. The fourth-order valence-corrected chi connectivity index (χ4v) is 1.53. The molecule has 86 valence electrons. The van der Waals surface area contributed by atoms with E-state index in [9.17, 15) is 9.59 Å². The normalized spacial score (nSPS) is 22.4. The number of hydrogen-bond acceptors (Lipinski definition) is 4. The van der Waals surface area contributed by atoms with Gasteiger partial charge in [0.15, 0.2) is 0 Å². The van der Waals surface area contributed by atoms with Crippen molar-refractivity contribution < 1.29 is 9.59 Å². The lowest BCUT2D eigenvalue weighted by Gasteiger charge is -2.34. The average Bonchev–Trinajstić information content (AvgIpc) is 2.18. The van der Waals surface area contributed by atoms with Crippen LogP contribution in [0.5, 0.6) is 0 Å². The summed E-state index contributed by atoms with van der Waals surface area (Å²) in [7, 11) is 3.40. The summed E-state index contributed by atoms with van der Waals surface area (Å²) in [5.41, 5.74) is 5.26. The van der Waals surface area contributed by atoms with Gasteiger partial charge in [-0.1, -0.05) is 0 Å². The van der Waals surface area contributed by atoms with Gasteiger partial charge in [0.05, 0.1) is 6.54 Å². The minimum absolute atomic E-state index is 0.0110. The van der Waals surface area contributed by atoms with Crippen molar-refractivity contribution in [3.05, 3.63) is 0 Å². The van der Waals surface area contributed by atoms with Gasteiger partial charge in [0.25, 0.3) is 0 Å². The first-order chi connectivity index (χ1) is 7.02. The number of rotatable bonds is 3. The van der Waals surface area contributed by atoms with Gasteiger partial charge in [-0.25, -0.2) is 0 Å². The van der Waals surface area contributed by atoms with E-state index in [4.69, 9.17) is 5.73 Å². The Morgan fingerprint density at radius 1 is 1.53 bits per heavy atom. The quantitative estimate of drug-likeness (QED) is 0.560. The zero-order valence-corrected chi connectivity index (χ0v) is 9.19. The van der Waals surface area contributed by atoms with Gasteiger partial charge in [-0.3, -0.25) is 14.5 Å². The van der Waals surface area contributed by atoms with Crippen LogP contribution in [0.4, 0.5) is 0 Å². The molecule has 1 heterocycles. The Hall–Kier alpha value is -1.14. The van der Waals surface area contributed by atoms with Crippen LogP contribution in [0.15, 0.2) is 0 Å². The van der Waals surface area contributed by atoms with E-state index in [0.717, 1.165) is 6.54 Å². The van der Waals surface area contributed by atoms with E-state index in [-0.39, 0.29) is 24.4 Å². The van der Waals surface area contributed by atoms with Crippen LogP contribution in [-0.2, 0) is 9.59 Å². The molecule has 1 aliphatic heterocycles. The van der Waals surface area contributed by atoms with E-state index in [1.165, 1.54) is 4.90 Å². The summed E-state index contributed by atoms with van der Waals surface area (Å²) in [5, 5.41) is 3.08. The Balaban J connectivity index is 2.57. The van der Waals surface area contributed by atoms with E-state index >= 15 is 0 Å². The van der Waals surface area contributed by atoms with Crippen molar-refractivity contribution in [2.24, 2.45) is 5.73 Å². The van der Waals surface area contributed by atoms with E-state index in [0.29, 0.717) is 13.1 Å². The molecule has 1 unspecified atom stereocenters. The molecule has 6 nitrogen and oxygen atoms in total. The van der Waals surface area contributed by atoms with Crippen LogP contribution in [0.3, 0.4) is 0 Å². The van der Waals surface area contributed by atoms with Crippen molar-refractivity contribution in [1.82, 2.24) is 15.1 Å². The number of carbonyl (C=O) groups excluding carboxylic acids is 2. The monoisotopic (exact) mass is 214 g/mol. The molecule has 0 aliphatic carbocycles. The fraction of sp³-hybridized carbons (Fsp3) is 0.778. The minimum Gasteiger partial charge on any atom is -0.368 e. The van der Waals surface area contributed by atoms with Gasteiger partial charge in [-0.2, -0.15) is 0 Å². The van der Waals surface area contributed by atoms with Gasteiger partial charge in [-0.15, -0.1) is 0 Å². The number of amides is 2. The number of carbonyl (C=O) groups is 2. The summed E-state index contributed by atoms with van der Waals surface area (Å²) >= 11 is 0. The number of nitrogens with one attached hydrogen (secondary N) is 1. The molecule has 0 aromatic rings. The van der Waals surface area contributed by atoms with E-state index in [1.54, 1.807) is 14.1 Å². The summed E-state index contributed by atoms with van der Waals surface area (Å²) in [4.78, 5) is 26.0. The molecule has 0 spiro atoms. The number of nitrogens with two attached hydrogens (primary N) is 1. The van der Waals surface area contributed by atoms with Crippen molar-refractivity contribution in [3.63, 3.8) is 0 Å². The second-order valence-electron chi connectivity index (χ2n) is 3.88. The molecule has 1 aliphatic rings. The molecule has 0 aromatic carbocycles. The molecule has 0 bridgehead atoms. The third-order valence-electron chi connectivity index (χ3n) is 2.52. The molecule has 0 saturated carbocycles. The smallest absolute Gasteiger partial charge is 0.236 e. The third kappa shape index (κ3) is 3.17. The standard InChI is InChI=1S/C9H18N4O2/c1-12(2)8(14)6-13-4-3-11-5-7(13)9(10)15/h7,11H,3-6H2,1-2H3,(H2,10,15). The van der Waals surface area contributed by atoms with E-state index < -0.39 is 0 Å². The van der Waals surface area contributed by atoms with Gasteiger partial charge in [0.2, 0.25) is 11.8 Å². The van der Waals surface area contributed by atoms with Gasteiger partial charge >= 0.3 is 0 Å². The maximum absolute atomic E-state index is 11.5. The highest BCUT2D eigenvalue weighted by Gasteiger charge is 2.28. The number of primary amides is 1. The van der Waals surface area contributed by atoms with Crippen LogP contribution >= 0.6 is 0 Å². The lowest BCUT2D eigenvalue weighted by atomic mass is 10.2. The van der Waals surface area contributed by atoms with Crippen LogP contribution in [0.25, 0.3) is 0 Å². The molecule has 2 amide bonds. The number of hydrogen-bond donors (Lipinski definition) is 2. The minimum atomic E-state index is -0.381. The second kappa shape index (κ2) is 5.09. The van der Waals surface area contributed by atoms with Crippen molar-refractivity contribution in [2.75, 3.05) is 40.3 Å². The first-order valence-corrected chi connectivity index (χ1v) is 4.96. The summed E-state index contributed by atoms with van der Waals surface area (Å²) in [6, 6.07) is -0.373. The van der Waals surface area contributed by atoms with Crippen molar-refractivity contribution in [3.8, 4) is 0 Å². The van der Waals surface area contributed by atoms with Gasteiger partial charge in [0, 0.05) is 33.7 Å². The lowest BCUT2D eigenvalue weighted by molar-refractivity contribution is -0.132. The molecule has 3 N–H and O–H groups in total. The van der Waals surface area contributed by atoms with Crippen LogP contribution in [-0.4, -0.2) is 67.9 Å². The summed E-state index contributed by atoms with van der Waals surface area (Å²) in [6.07, 6.45) is 0. The van der Waals surface area contributed by atoms with Crippen LogP contribution in [0.1, 0.15) is 0 Å². The van der Waals surface area contributed by atoms with Crippen LogP contribution in [0.2, 0.25) is 0 Å². The van der Waals surface area contributed by atoms with E-state index in [1.807, 2.05) is 4.90 Å². The molecule has 0 aromatic heterocycles. The van der Waals surface area contributed by atoms with Crippen molar-refractivity contribution in [2.45, 2.75) is 6.04 Å². The SMILES string of the molecule is CN(C)C(=O)CN1CCNCC1C(N)=O. The fourth-order valence-electron chi connectivity index (χ4n) is 1.53. The summed E-state index contributed by atoms with van der Waals surface area (Å²) in [6.45, 7) is 2.23. The Bertz CT molecular complexity index is 254. The molecule has 1 saturated heterocycles. The van der Waals surface area contributed by atoms with Crippen molar-refractivity contribution >= 4 is 11.8 Å². The second-order valence-corrected chi connectivity index (χ2v) is 3.88. The summed E-state index contributed by atoms with van der Waals surface area (Å²) in [5.74, 6) is -0.392. The third-order valence-corrected chi connectivity index (χ3v) is 2.52. The topological polar surface area (TPSA) is 78.7 Å². The van der Waals surface area contributed by atoms with Crippen molar-refractivity contribution in [1.29, 1.82) is 0 Å². The molecular formula is C9H18N4O2. The number of nitrogens with zero attached hydrogens (tertiary/aromatic N) is 2. The van der Waals surface area contributed by atoms with Gasteiger partial charge in [-0.05, 0) is 0 Å². The molecular weight excluding hydrogens is 196 g/mol. The van der Waals surface area contributed by atoms with Crippen LogP contribution in [0, 0.1) is 0 Å². The Kier molecular flexibility index (Phi) is 4.05. The zero-order chi connectivity index (χ0) is 11.4. The van der Waals surface area contributed by atoms with E-state index in [2.05, 4.69) is 5.32 Å². The predicted molar refractivity (Wildman–Crippen MR) is 56.1 cm³/mol. The van der Waals surface area contributed by atoms with Gasteiger partial charge in [0.1, 0.15) is 6.04 Å². The van der Waals surface area contributed by atoms with Crippen LogP contribution < -0.4 is 11.1 Å². The predicted octanol–water partition coefficient (Wildman–Crippen LogP) is -2.17. The Labute approximate surface area is 89.4 Å². The highest BCUT2D eigenvalue weighted by atomic mass is 16.2. The molecule has 15 heavy (non-hydrogen) atoms. The summed E-state index contributed by atoms with van der Waals surface area (Å²) < 4.78 is 0. The maximum atomic E-state index is 11.5. The maximum Gasteiger partial charge on any atom is 0.236 e. The Morgan fingerprint density at radius 2 is 2.20 bits per heavy atom. The highest BCUT2D eigenvalue weighted by molar-refractivity contribution is 5.82. The number of likely N-dealkylation sites (N-methyl/N-ethyl adjacent to an activating group) is 1. The largest absolute Gasteiger partial charge is 0.368 e. The van der Waals surface area contributed by atoms with Gasteiger partial charge < -0.3 is 16.0 Å². The lowest BCUT2D eigenvalue weighted by Crippen LogP contribution is -2.58. The first-order valence-electron chi connectivity index (χ1n) is 4.96. The molecule has 1 rings (SSSR count). The molecule has 0 radical (unpaired) electrons. The zero-order valence-electron chi connectivity index (χ0n) is 9.19. The molecule has 1 atom stereocenters. The first kappa shape index (κ1) is 11.9. The molecule has 1 fully saturated rings.